The summed E-state index contributed by atoms with van der Waals surface area (Å²) in [5.41, 5.74) is 11.2. The smallest absolute Gasteiger partial charge is 0.166 e. The van der Waals surface area contributed by atoms with Crippen LogP contribution in [0.25, 0.3) is 22.4 Å². The van der Waals surface area contributed by atoms with Gasteiger partial charge < -0.3 is 15.0 Å². The normalized spacial score (nSPS) is 15.2. The lowest BCUT2D eigenvalue weighted by molar-refractivity contribution is 0.227. The number of nitrogens with zero attached hydrogens (tertiary/aromatic N) is 5. The molecule has 5 rings (SSSR count). The zero-order chi connectivity index (χ0) is 21.7. The monoisotopic (exact) mass is 420 g/mol. The van der Waals surface area contributed by atoms with Crippen LogP contribution in [0.15, 0.2) is 35.0 Å². The Bertz CT molecular complexity index is 1300. The van der Waals surface area contributed by atoms with Crippen molar-refractivity contribution in [3.63, 3.8) is 0 Å². The minimum atomic E-state index is -0.507. The number of halogens is 1. The van der Waals surface area contributed by atoms with E-state index in [1.165, 1.54) is 16.9 Å². The van der Waals surface area contributed by atoms with Gasteiger partial charge in [0.1, 0.15) is 23.4 Å². The Kier molecular flexibility index (Phi) is 4.46. The van der Waals surface area contributed by atoms with Crippen LogP contribution in [-0.2, 0) is 19.9 Å². The summed E-state index contributed by atoms with van der Waals surface area (Å²) in [5.74, 6) is 1.04. The molecule has 0 amide bonds. The summed E-state index contributed by atoms with van der Waals surface area (Å²) in [7, 11) is 1.75. The lowest BCUT2D eigenvalue weighted by Gasteiger charge is -2.20. The van der Waals surface area contributed by atoms with E-state index >= 15 is 0 Å². The molecular weight excluding hydrogens is 399 g/mol. The fraction of sp³-hybridized carbons (Fsp3) is 0.273. The van der Waals surface area contributed by atoms with Crippen molar-refractivity contribution in [3.8, 4) is 28.1 Å². The highest BCUT2D eigenvalue weighted by atomic mass is 19.1. The number of benzene rings is 1. The number of anilines is 1. The lowest BCUT2D eigenvalue weighted by atomic mass is 9.95. The van der Waals surface area contributed by atoms with Crippen molar-refractivity contribution in [1.29, 1.82) is 0 Å². The highest BCUT2D eigenvalue weighted by molar-refractivity contribution is 5.73. The van der Waals surface area contributed by atoms with E-state index in [1.807, 2.05) is 19.9 Å². The molecule has 0 unspecified atom stereocenters. The van der Waals surface area contributed by atoms with E-state index in [4.69, 9.17) is 15.0 Å². The molecule has 1 aliphatic heterocycles. The van der Waals surface area contributed by atoms with Gasteiger partial charge in [-0.05, 0) is 31.2 Å². The third-order valence-electron chi connectivity index (χ3n) is 5.45. The molecule has 3 aromatic heterocycles. The van der Waals surface area contributed by atoms with Gasteiger partial charge in [-0.25, -0.2) is 9.37 Å². The molecule has 8 nitrogen and oxygen atoms in total. The van der Waals surface area contributed by atoms with Crippen molar-refractivity contribution in [2.24, 2.45) is 7.05 Å². The Morgan fingerprint density at radius 1 is 1.23 bits per heavy atom. The summed E-state index contributed by atoms with van der Waals surface area (Å²) >= 11 is 0. The number of aromatic nitrogens is 5. The van der Waals surface area contributed by atoms with Gasteiger partial charge in [0.15, 0.2) is 11.6 Å². The first kappa shape index (κ1) is 19.2. The van der Waals surface area contributed by atoms with E-state index in [9.17, 15) is 4.39 Å². The molecule has 4 heterocycles. The summed E-state index contributed by atoms with van der Waals surface area (Å²) in [6.07, 6.45) is 2.23. The zero-order valence-electron chi connectivity index (χ0n) is 17.4. The van der Waals surface area contributed by atoms with Gasteiger partial charge in [-0.15, -0.1) is 0 Å². The van der Waals surface area contributed by atoms with E-state index < -0.39 is 6.10 Å². The summed E-state index contributed by atoms with van der Waals surface area (Å²) in [6, 6.07) is 6.38. The van der Waals surface area contributed by atoms with Crippen LogP contribution in [0.1, 0.15) is 42.7 Å². The second-order valence-corrected chi connectivity index (χ2v) is 7.54. The van der Waals surface area contributed by atoms with Gasteiger partial charge in [-0.2, -0.15) is 15.0 Å². The van der Waals surface area contributed by atoms with Gasteiger partial charge in [-0.1, -0.05) is 12.1 Å². The fourth-order valence-corrected chi connectivity index (χ4v) is 4.01. The summed E-state index contributed by atoms with van der Waals surface area (Å²) in [4.78, 5) is 5.82. The van der Waals surface area contributed by atoms with Gasteiger partial charge >= 0.3 is 0 Å². The second kappa shape index (κ2) is 7.19. The third-order valence-corrected chi connectivity index (χ3v) is 5.45. The van der Waals surface area contributed by atoms with E-state index in [0.717, 1.165) is 22.5 Å². The number of hydrogen-bond donors (Lipinski definition) is 1. The Morgan fingerprint density at radius 3 is 2.87 bits per heavy atom. The number of aryl methyl sites for hydroxylation is 2. The Labute approximate surface area is 177 Å². The number of rotatable bonds is 1. The van der Waals surface area contributed by atoms with Gasteiger partial charge in [0.05, 0.1) is 11.4 Å². The molecular formula is C22H21FN6O2. The number of hydrogen-bond acceptors (Lipinski definition) is 7. The van der Waals surface area contributed by atoms with Crippen LogP contribution in [0.4, 0.5) is 10.2 Å². The maximum Gasteiger partial charge on any atom is 0.166 e. The van der Waals surface area contributed by atoms with E-state index in [2.05, 4.69) is 20.3 Å². The maximum atomic E-state index is 14.2. The molecule has 1 atom stereocenters. The van der Waals surface area contributed by atoms with Crippen LogP contribution >= 0.6 is 0 Å². The van der Waals surface area contributed by atoms with Crippen molar-refractivity contribution in [1.82, 2.24) is 25.1 Å². The fourth-order valence-electron chi connectivity index (χ4n) is 4.01. The number of ether oxygens (including phenoxy) is 1. The van der Waals surface area contributed by atoms with Gasteiger partial charge in [0, 0.05) is 48.3 Å². The standard InChI is InChI=1S/C22H21FN6O2/c1-4-18-20-12-7-19(22(24)25-10-12)30-11(2)15-8-13(23)5-6-14(15)21-17(26-29(3)27-21)9-16(20)28-31-18/h5-8,10-11H,4,9H2,1-3H3,(H2,24,25)/t11-/m1/s1. The topological polar surface area (TPSA) is 105 Å². The molecule has 1 aliphatic rings. The first-order valence-electron chi connectivity index (χ1n) is 10.0. The maximum absolute atomic E-state index is 14.2. The zero-order valence-corrected chi connectivity index (χ0v) is 17.4. The van der Waals surface area contributed by atoms with Crippen LogP contribution in [0.3, 0.4) is 0 Å². The van der Waals surface area contributed by atoms with E-state index in [-0.39, 0.29) is 11.6 Å². The van der Waals surface area contributed by atoms with Crippen LogP contribution in [0, 0.1) is 5.82 Å². The molecule has 0 spiro atoms. The van der Waals surface area contributed by atoms with Crippen molar-refractivity contribution in [2.75, 3.05) is 5.73 Å². The molecule has 2 N–H and O–H groups in total. The average Bonchev–Trinajstić information content (AvgIpc) is 3.32. The van der Waals surface area contributed by atoms with Crippen LogP contribution in [0.2, 0.25) is 0 Å². The van der Waals surface area contributed by atoms with Crippen LogP contribution in [-0.4, -0.2) is 25.1 Å². The molecule has 1 aromatic carbocycles. The van der Waals surface area contributed by atoms with Crippen molar-refractivity contribution in [2.45, 2.75) is 32.8 Å². The highest BCUT2D eigenvalue weighted by Gasteiger charge is 2.26. The average molecular weight is 420 g/mol. The first-order chi connectivity index (χ1) is 14.9. The van der Waals surface area contributed by atoms with E-state index in [1.54, 1.807) is 19.3 Å². The van der Waals surface area contributed by atoms with Gasteiger partial charge in [0.25, 0.3) is 0 Å². The van der Waals surface area contributed by atoms with Crippen molar-refractivity contribution < 1.29 is 13.7 Å². The number of fused-ring (bicyclic) bond motifs is 7. The van der Waals surface area contributed by atoms with Gasteiger partial charge in [-0.3, -0.25) is 0 Å². The minimum Gasteiger partial charge on any atom is -0.482 e. The predicted octanol–water partition coefficient (Wildman–Crippen LogP) is 3.86. The number of pyridine rings is 1. The highest BCUT2D eigenvalue weighted by Crippen LogP contribution is 2.38. The van der Waals surface area contributed by atoms with Crippen molar-refractivity contribution in [3.05, 3.63) is 59.0 Å². The largest absolute Gasteiger partial charge is 0.482 e. The molecule has 0 saturated carbocycles. The molecule has 9 heteroatoms. The summed E-state index contributed by atoms with van der Waals surface area (Å²) in [5, 5.41) is 13.4. The minimum absolute atomic E-state index is 0.252. The lowest BCUT2D eigenvalue weighted by Crippen LogP contribution is -2.09. The van der Waals surface area contributed by atoms with E-state index in [0.29, 0.717) is 41.2 Å². The quantitative estimate of drug-likeness (QED) is 0.498. The second-order valence-electron chi connectivity index (χ2n) is 7.54. The molecule has 31 heavy (non-hydrogen) atoms. The SMILES string of the molecule is CCc1onc2c1-c1cnc(N)c(c1)O[C@H](C)c1cc(F)ccc1-c1nn(C)nc1C2. The Morgan fingerprint density at radius 2 is 2.06 bits per heavy atom. The number of nitrogens with two attached hydrogens (primary N) is 1. The molecule has 0 fully saturated rings. The third kappa shape index (κ3) is 3.22. The molecule has 158 valence electrons. The van der Waals surface area contributed by atoms with Crippen LogP contribution < -0.4 is 10.5 Å². The predicted molar refractivity (Wildman–Crippen MR) is 112 cm³/mol. The molecule has 4 aromatic rings. The Hall–Kier alpha value is -3.75. The summed E-state index contributed by atoms with van der Waals surface area (Å²) < 4.78 is 26.0. The molecule has 0 radical (unpaired) electrons. The summed E-state index contributed by atoms with van der Waals surface area (Å²) in [6.45, 7) is 3.84. The number of nitrogen functional groups attached to an aromatic ring is 1. The molecule has 0 saturated heterocycles. The first-order valence-corrected chi connectivity index (χ1v) is 10.0. The molecule has 2 bridgehead atoms. The van der Waals surface area contributed by atoms with Crippen LogP contribution in [0.5, 0.6) is 5.75 Å². The Balaban J connectivity index is 1.81. The van der Waals surface area contributed by atoms with Crippen molar-refractivity contribution >= 4 is 5.82 Å². The molecule has 0 aliphatic carbocycles. The van der Waals surface area contributed by atoms with Gasteiger partial charge in [0.2, 0.25) is 0 Å².